The number of carboxylic acid groups (broad SMARTS) is 1. The molecule has 0 fully saturated rings. The van der Waals surface area contributed by atoms with E-state index >= 15 is 0 Å². The smallest absolute Gasteiger partial charge is 0.345 e. The van der Waals surface area contributed by atoms with E-state index in [9.17, 15) is 9.90 Å². The molecular weight excluding hydrogens is 344 g/mol. The number of hydrogen-bond donors (Lipinski definition) is 1. The Balaban J connectivity index is 2.11. The van der Waals surface area contributed by atoms with Crippen LogP contribution in [0.3, 0.4) is 0 Å². The quantitative estimate of drug-likeness (QED) is 0.875. The van der Waals surface area contributed by atoms with Gasteiger partial charge in [-0.05, 0) is 42.0 Å². The third-order valence-electron chi connectivity index (χ3n) is 2.68. The van der Waals surface area contributed by atoms with Crippen LogP contribution >= 0.6 is 27.5 Å². The fourth-order valence-electron chi connectivity index (χ4n) is 1.73. The van der Waals surface area contributed by atoms with Gasteiger partial charge in [0, 0.05) is 15.9 Å². The van der Waals surface area contributed by atoms with Crippen molar-refractivity contribution in [1.29, 1.82) is 0 Å². The highest BCUT2D eigenvalue weighted by molar-refractivity contribution is 9.10. The van der Waals surface area contributed by atoms with Crippen LogP contribution < -0.4 is 4.74 Å². The molecule has 2 rings (SSSR count). The van der Waals surface area contributed by atoms with Crippen LogP contribution in [-0.2, 0) is 11.2 Å². The van der Waals surface area contributed by atoms with Crippen LogP contribution in [0.25, 0.3) is 0 Å². The SMILES string of the molecule is O=C(O)[C@@H](Cc1cccc(Br)c1)Oc1ccc(Cl)cc1. The average molecular weight is 356 g/mol. The van der Waals surface area contributed by atoms with Gasteiger partial charge in [0.25, 0.3) is 0 Å². The van der Waals surface area contributed by atoms with Crippen molar-refractivity contribution in [2.24, 2.45) is 0 Å². The summed E-state index contributed by atoms with van der Waals surface area (Å²) in [7, 11) is 0. The second kappa shape index (κ2) is 6.77. The van der Waals surface area contributed by atoms with Gasteiger partial charge in [0.2, 0.25) is 0 Å². The van der Waals surface area contributed by atoms with E-state index in [0.29, 0.717) is 10.8 Å². The predicted molar refractivity (Wildman–Crippen MR) is 81.3 cm³/mol. The molecule has 1 atom stereocenters. The summed E-state index contributed by atoms with van der Waals surface area (Å²) in [6.07, 6.45) is -0.650. The molecule has 0 aromatic heterocycles. The first kappa shape index (κ1) is 14.9. The van der Waals surface area contributed by atoms with Gasteiger partial charge in [0.1, 0.15) is 5.75 Å². The lowest BCUT2D eigenvalue weighted by Gasteiger charge is -2.15. The Morgan fingerprint density at radius 3 is 2.55 bits per heavy atom. The van der Waals surface area contributed by atoms with Crippen LogP contribution in [0.2, 0.25) is 5.02 Å². The number of aliphatic carboxylic acids is 1. The van der Waals surface area contributed by atoms with Crippen molar-refractivity contribution in [2.45, 2.75) is 12.5 Å². The summed E-state index contributed by atoms with van der Waals surface area (Å²) in [4.78, 5) is 11.3. The molecule has 0 saturated carbocycles. The molecule has 104 valence electrons. The van der Waals surface area contributed by atoms with E-state index in [-0.39, 0.29) is 6.42 Å². The van der Waals surface area contributed by atoms with Gasteiger partial charge in [-0.2, -0.15) is 0 Å². The van der Waals surface area contributed by atoms with E-state index < -0.39 is 12.1 Å². The lowest BCUT2D eigenvalue weighted by Crippen LogP contribution is -2.29. The summed E-state index contributed by atoms with van der Waals surface area (Å²) < 4.78 is 6.41. The Morgan fingerprint density at radius 1 is 1.25 bits per heavy atom. The van der Waals surface area contributed by atoms with Gasteiger partial charge >= 0.3 is 5.97 Å². The molecule has 0 saturated heterocycles. The fraction of sp³-hybridized carbons (Fsp3) is 0.133. The average Bonchev–Trinajstić information content (AvgIpc) is 2.40. The molecule has 2 aromatic carbocycles. The maximum absolute atomic E-state index is 11.3. The molecule has 0 amide bonds. The number of carboxylic acids is 1. The monoisotopic (exact) mass is 354 g/mol. The van der Waals surface area contributed by atoms with Gasteiger partial charge in [-0.15, -0.1) is 0 Å². The first-order valence-electron chi connectivity index (χ1n) is 5.94. The number of carbonyl (C=O) groups is 1. The van der Waals surface area contributed by atoms with Crippen LogP contribution in [-0.4, -0.2) is 17.2 Å². The van der Waals surface area contributed by atoms with Crippen molar-refractivity contribution >= 4 is 33.5 Å². The van der Waals surface area contributed by atoms with E-state index in [1.807, 2.05) is 24.3 Å². The fourth-order valence-corrected chi connectivity index (χ4v) is 2.31. The first-order valence-corrected chi connectivity index (χ1v) is 7.11. The summed E-state index contributed by atoms with van der Waals surface area (Å²) in [6, 6.07) is 14.1. The van der Waals surface area contributed by atoms with Crippen LogP contribution in [0.1, 0.15) is 5.56 Å². The maximum atomic E-state index is 11.3. The molecule has 0 spiro atoms. The minimum atomic E-state index is -1.00. The molecule has 2 aromatic rings. The summed E-state index contributed by atoms with van der Waals surface area (Å²) >= 11 is 9.14. The summed E-state index contributed by atoms with van der Waals surface area (Å²) in [5.74, 6) is -0.517. The van der Waals surface area contributed by atoms with Gasteiger partial charge < -0.3 is 9.84 Å². The predicted octanol–water partition coefficient (Wildman–Crippen LogP) is 4.18. The summed E-state index contributed by atoms with van der Waals surface area (Å²) in [6.45, 7) is 0. The number of benzene rings is 2. The molecule has 0 aliphatic heterocycles. The van der Waals surface area contributed by atoms with E-state index in [0.717, 1.165) is 10.0 Å². The van der Waals surface area contributed by atoms with Crippen LogP contribution in [0.5, 0.6) is 5.75 Å². The Labute approximate surface area is 130 Å². The Kier molecular flexibility index (Phi) is 5.04. The van der Waals surface area contributed by atoms with E-state index in [2.05, 4.69) is 15.9 Å². The molecular formula is C15H12BrClO3. The number of rotatable bonds is 5. The topological polar surface area (TPSA) is 46.5 Å². The van der Waals surface area contributed by atoms with Crippen molar-refractivity contribution in [1.82, 2.24) is 0 Å². The highest BCUT2D eigenvalue weighted by Gasteiger charge is 2.20. The number of hydrogen-bond acceptors (Lipinski definition) is 2. The van der Waals surface area contributed by atoms with Crippen LogP contribution in [0, 0.1) is 0 Å². The molecule has 0 aliphatic carbocycles. The van der Waals surface area contributed by atoms with E-state index in [4.69, 9.17) is 16.3 Å². The van der Waals surface area contributed by atoms with Gasteiger partial charge in [0.15, 0.2) is 6.10 Å². The first-order chi connectivity index (χ1) is 9.54. The Hall–Kier alpha value is -1.52. The number of ether oxygens (including phenoxy) is 1. The van der Waals surface area contributed by atoms with E-state index in [1.165, 1.54) is 0 Å². The minimum Gasteiger partial charge on any atom is -0.478 e. The Morgan fingerprint density at radius 2 is 1.95 bits per heavy atom. The molecule has 5 heteroatoms. The van der Waals surface area contributed by atoms with Crippen molar-refractivity contribution < 1.29 is 14.6 Å². The highest BCUT2D eigenvalue weighted by atomic mass is 79.9. The van der Waals surface area contributed by atoms with Crippen LogP contribution in [0.15, 0.2) is 53.0 Å². The molecule has 3 nitrogen and oxygen atoms in total. The standard InChI is InChI=1S/C15H12BrClO3/c16-11-3-1-2-10(8-11)9-14(15(18)19)20-13-6-4-12(17)5-7-13/h1-8,14H,9H2,(H,18,19)/t14-/m1/s1. The normalized spacial score (nSPS) is 11.9. The third kappa shape index (κ3) is 4.25. The van der Waals surface area contributed by atoms with Gasteiger partial charge in [-0.3, -0.25) is 0 Å². The van der Waals surface area contributed by atoms with Crippen molar-refractivity contribution in [3.05, 3.63) is 63.6 Å². The van der Waals surface area contributed by atoms with Crippen molar-refractivity contribution in [3.63, 3.8) is 0 Å². The van der Waals surface area contributed by atoms with Crippen molar-refractivity contribution in [3.8, 4) is 5.75 Å². The third-order valence-corrected chi connectivity index (χ3v) is 3.42. The molecule has 0 unspecified atom stereocenters. The molecule has 0 bridgehead atoms. The second-order valence-electron chi connectivity index (χ2n) is 4.23. The van der Waals surface area contributed by atoms with Gasteiger partial charge in [-0.1, -0.05) is 39.7 Å². The summed E-state index contributed by atoms with van der Waals surface area (Å²) in [5, 5.41) is 9.84. The Bertz CT molecular complexity index is 598. The second-order valence-corrected chi connectivity index (χ2v) is 5.58. The molecule has 20 heavy (non-hydrogen) atoms. The largest absolute Gasteiger partial charge is 0.478 e. The molecule has 0 aliphatic rings. The highest BCUT2D eigenvalue weighted by Crippen LogP contribution is 2.19. The van der Waals surface area contributed by atoms with Crippen molar-refractivity contribution in [2.75, 3.05) is 0 Å². The molecule has 0 radical (unpaired) electrons. The maximum Gasteiger partial charge on any atom is 0.345 e. The zero-order chi connectivity index (χ0) is 14.5. The van der Waals surface area contributed by atoms with Gasteiger partial charge in [0.05, 0.1) is 0 Å². The zero-order valence-corrected chi connectivity index (χ0v) is 12.8. The minimum absolute atomic E-state index is 0.289. The lowest BCUT2D eigenvalue weighted by molar-refractivity contribution is -0.145. The van der Waals surface area contributed by atoms with Crippen LogP contribution in [0.4, 0.5) is 0 Å². The van der Waals surface area contributed by atoms with Gasteiger partial charge in [-0.25, -0.2) is 4.79 Å². The lowest BCUT2D eigenvalue weighted by atomic mass is 10.1. The molecule has 1 N–H and O–H groups in total. The number of halogens is 2. The van der Waals surface area contributed by atoms with E-state index in [1.54, 1.807) is 24.3 Å². The summed E-state index contributed by atoms with van der Waals surface area (Å²) in [5.41, 5.74) is 0.890. The molecule has 0 heterocycles. The zero-order valence-electron chi connectivity index (χ0n) is 10.4.